The number of aromatic nitrogens is 5. The second-order valence-electron chi connectivity index (χ2n) is 5.24. The maximum Gasteiger partial charge on any atom is 0.246 e. The van der Waals surface area contributed by atoms with Crippen molar-refractivity contribution in [3.05, 3.63) is 41.7 Å². The van der Waals surface area contributed by atoms with Crippen LogP contribution in [0, 0.1) is 13.8 Å². The van der Waals surface area contributed by atoms with Crippen LogP contribution in [0.3, 0.4) is 0 Å². The van der Waals surface area contributed by atoms with Gasteiger partial charge in [0, 0.05) is 17.5 Å². The molecule has 0 fully saturated rings. The topological polar surface area (TPSA) is 125 Å². The van der Waals surface area contributed by atoms with E-state index in [9.17, 15) is 4.79 Å². The molecule has 9 nitrogen and oxygen atoms in total. The molecule has 3 rings (SSSR count). The van der Waals surface area contributed by atoms with Gasteiger partial charge in [0.2, 0.25) is 17.6 Å². The summed E-state index contributed by atoms with van der Waals surface area (Å²) in [5.41, 5.74) is 7.86. The van der Waals surface area contributed by atoms with E-state index in [1.807, 2.05) is 32.0 Å². The molecular weight excluding hydrogens is 346 g/mol. The summed E-state index contributed by atoms with van der Waals surface area (Å²) in [7, 11) is 0. The van der Waals surface area contributed by atoms with Crippen LogP contribution in [0.15, 0.2) is 28.9 Å². The predicted octanol–water partition coefficient (Wildman–Crippen LogP) is 0.931. The fraction of sp³-hybridized carbons (Fsp3) is 0.267. The van der Waals surface area contributed by atoms with Crippen molar-refractivity contribution in [2.75, 3.05) is 6.54 Å². The van der Waals surface area contributed by atoms with Crippen LogP contribution in [0.1, 0.15) is 17.3 Å². The molecule has 3 N–H and O–H groups in total. The molecule has 1 amide bonds. The fourth-order valence-corrected chi connectivity index (χ4v) is 2.19. The highest BCUT2D eigenvalue weighted by Crippen LogP contribution is 2.17. The molecule has 132 valence electrons. The number of carbonyl (C=O) groups excluding carboxylic acids is 1. The van der Waals surface area contributed by atoms with Crippen LogP contribution < -0.4 is 11.1 Å². The minimum absolute atomic E-state index is 0. The first-order valence-electron chi connectivity index (χ1n) is 7.36. The van der Waals surface area contributed by atoms with Gasteiger partial charge < -0.3 is 15.6 Å². The third kappa shape index (κ3) is 4.20. The zero-order valence-electron chi connectivity index (χ0n) is 13.8. The molecule has 25 heavy (non-hydrogen) atoms. The summed E-state index contributed by atoms with van der Waals surface area (Å²) in [4.78, 5) is 19.7. The normalized spacial score (nSPS) is 10.4. The molecule has 10 heteroatoms. The summed E-state index contributed by atoms with van der Waals surface area (Å²) in [6.07, 6.45) is 1.65. The summed E-state index contributed by atoms with van der Waals surface area (Å²) < 4.78 is 6.86. The van der Waals surface area contributed by atoms with E-state index in [0.717, 1.165) is 11.4 Å². The highest BCUT2D eigenvalue weighted by atomic mass is 35.5. The van der Waals surface area contributed by atoms with Gasteiger partial charge in [-0.05, 0) is 32.0 Å². The van der Waals surface area contributed by atoms with Gasteiger partial charge in [0.25, 0.3) is 0 Å². The summed E-state index contributed by atoms with van der Waals surface area (Å²) in [5.74, 6) is 1.13. The molecule has 0 aliphatic heterocycles. The molecule has 0 saturated heterocycles. The molecule has 0 aliphatic carbocycles. The first-order valence-corrected chi connectivity index (χ1v) is 7.36. The van der Waals surface area contributed by atoms with Crippen molar-refractivity contribution in [2.24, 2.45) is 5.73 Å². The number of carbonyl (C=O) groups is 1. The molecule has 0 spiro atoms. The van der Waals surface area contributed by atoms with Crippen LogP contribution in [0.4, 0.5) is 0 Å². The Morgan fingerprint density at radius 2 is 2.16 bits per heavy atom. The lowest BCUT2D eigenvalue weighted by Gasteiger charge is -2.03. The van der Waals surface area contributed by atoms with E-state index in [0.29, 0.717) is 23.1 Å². The van der Waals surface area contributed by atoms with Gasteiger partial charge >= 0.3 is 0 Å². The van der Waals surface area contributed by atoms with E-state index in [1.165, 1.54) is 0 Å². The first-order chi connectivity index (χ1) is 11.6. The van der Waals surface area contributed by atoms with Gasteiger partial charge in [-0.2, -0.15) is 10.1 Å². The molecule has 0 atom stereocenters. The molecule has 0 aromatic carbocycles. The first kappa shape index (κ1) is 18.6. The number of nitrogens with two attached hydrogens (primary N) is 1. The van der Waals surface area contributed by atoms with Crippen LogP contribution in [0.2, 0.25) is 0 Å². The number of hydrogen-bond acceptors (Lipinski definition) is 7. The molecule has 0 saturated carbocycles. The van der Waals surface area contributed by atoms with Crippen LogP contribution in [-0.4, -0.2) is 37.4 Å². The largest absolute Gasteiger partial charge is 0.346 e. The van der Waals surface area contributed by atoms with E-state index >= 15 is 0 Å². The van der Waals surface area contributed by atoms with Crippen molar-refractivity contribution in [3.63, 3.8) is 0 Å². The smallest absolute Gasteiger partial charge is 0.246 e. The molecule has 3 heterocycles. The number of amides is 1. The highest BCUT2D eigenvalue weighted by molar-refractivity contribution is 5.85. The minimum atomic E-state index is -0.286. The van der Waals surface area contributed by atoms with E-state index in [2.05, 4.69) is 25.5 Å². The lowest BCUT2D eigenvalue weighted by molar-refractivity contribution is -0.120. The van der Waals surface area contributed by atoms with Gasteiger partial charge in [0.1, 0.15) is 0 Å². The Kier molecular flexibility index (Phi) is 5.84. The molecule has 0 unspecified atom stereocenters. The molecular formula is C15H18ClN7O2. The third-order valence-electron chi connectivity index (χ3n) is 3.32. The summed E-state index contributed by atoms with van der Waals surface area (Å²) >= 11 is 0. The van der Waals surface area contributed by atoms with E-state index < -0.39 is 0 Å². The van der Waals surface area contributed by atoms with E-state index in [-0.39, 0.29) is 31.4 Å². The van der Waals surface area contributed by atoms with Crippen molar-refractivity contribution >= 4 is 18.3 Å². The third-order valence-corrected chi connectivity index (χ3v) is 3.32. The summed E-state index contributed by atoms with van der Waals surface area (Å²) in [5, 5.41) is 10.8. The Bertz CT molecular complexity index is 857. The lowest BCUT2D eigenvalue weighted by atomic mass is 10.2. The van der Waals surface area contributed by atoms with E-state index in [4.69, 9.17) is 10.3 Å². The van der Waals surface area contributed by atoms with Crippen LogP contribution in [-0.2, 0) is 11.3 Å². The van der Waals surface area contributed by atoms with Crippen molar-refractivity contribution in [1.82, 2.24) is 30.2 Å². The molecule has 3 aromatic heterocycles. The summed E-state index contributed by atoms with van der Waals surface area (Å²) in [6.45, 7) is 3.96. The Morgan fingerprint density at radius 1 is 1.36 bits per heavy atom. The van der Waals surface area contributed by atoms with Crippen LogP contribution >= 0.6 is 12.4 Å². The minimum Gasteiger partial charge on any atom is -0.346 e. The standard InChI is InChI=1S/C15H17N7O2.ClH/c1-9-5-10(2)22(20-9)12-4-3-11(7-17-12)15-19-14(24-21-15)8-18-13(23)6-16;/h3-5,7H,6,8,16H2,1-2H3,(H,18,23);1H. The van der Waals surface area contributed by atoms with Crippen LogP contribution in [0.25, 0.3) is 17.2 Å². The number of nitrogens with one attached hydrogen (secondary N) is 1. The SMILES string of the molecule is Cc1cc(C)n(-c2ccc(-c3noc(CNC(=O)CN)n3)cn2)n1.Cl. The monoisotopic (exact) mass is 363 g/mol. The van der Waals surface area contributed by atoms with Crippen LogP contribution in [0.5, 0.6) is 0 Å². The Labute approximate surface area is 150 Å². The predicted molar refractivity (Wildman–Crippen MR) is 92.3 cm³/mol. The van der Waals surface area contributed by atoms with Crippen molar-refractivity contribution < 1.29 is 9.32 Å². The number of aryl methyl sites for hydroxylation is 2. The Morgan fingerprint density at radius 3 is 2.76 bits per heavy atom. The fourth-order valence-electron chi connectivity index (χ4n) is 2.19. The average molecular weight is 364 g/mol. The molecule has 0 bridgehead atoms. The maximum atomic E-state index is 11.1. The van der Waals surface area contributed by atoms with Gasteiger partial charge in [-0.15, -0.1) is 12.4 Å². The zero-order chi connectivity index (χ0) is 17.1. The maximum absolute atomic E-state index is 11.1. The number of hydrogen-bond donors (Lipinski definition) is 2. The average Bonchev–Trinajstić information content (AvgIpc) is 3.19. The quantitative estimate of drug-likeness (QED) is 0.690. The van der Waals surface area contributed by atoms with Gasteiger partial charge in [0.15, 0.2) is 5.82 Å². The Balaban J connectivity index is 0.00000225. The number of nitrogens with zero attached hydrogens (tertiary/aromatic N) is 5. The number of halogens is 1. The molecule has 0 aliphatic rings. The van der Waals surface area contributed by atoms with Gasteiger partial charge in [0.05, 0.1) is 18.8 Å². The zero-order valence-corrected chi connectivity index (χ0v) is 14.6. The highest BCUT2D eigenvalue weighted by Gasteiger charge is 2.11. The lowest BCUT2D eigenvalue weighted by Crippen LogP contribution is -2.29. The summed E-state index contributed by atoms with van der Waals surface area (Å²) in [6, 6.07) is 5.66. The van der Waals surface area contributed by atoms with Gasteiger partial charge in [-0.1, -0.05) is 5.16 Å². The van der Waals surface area contributed by atoms with Crippen molar-refractivity contribution in [3.8, 4) is 17.2 Å². The molecule has 3 aromatic rings. The van der Waals surface area contributed by atoms with Gasteiger partial charge in [-0.25, -0.2) is 9.67 Å². The van der Waals surface area contributed by atoms with Crippen molar-refractivity contribution in [2.45, 2.75) is 20.4 Å². The number of rotatable bonds is 5. The number of pyridine rings is 1. The second-order valence-corrected chi connectivity index (χ2v) is 5.24. The Hall–Kier alpha value is -2.78. The molecule has 0 radical (unpaired) electrons. The van der Waals surface area contributed by atoms with E-state index in [1.54, 1.807) is 10.9 Å². The van der Waals surface area contributed by atoms with Gasteiger partial charge in [-0.3, -0.25) is 4.79 Å². The second kappa shape index (κ2) is 7.86. The van der Waals surface area contributed by atoms with Crippen molar-refractivity contribution in [1.29, 1.82) is 0 Å².